The number of nitrogens with one attached hydrogen (secondary N) is 1. The van der Waals surface area contributed by atoms with Gasteiger partial charge in [-0.2, -0.15) is 0 Å². The molecule has 0 radical (unpaired) electrons. The highest BCUT2D eigenvalue weighted by Crippen LogP contribution is 2.29. The molecule has 2 aromatic rings. The van der Waals surface area contributed by atoms with Crippen LogP contribution >= 0.6 is 0 Å². The summed E-state index contributed by atoms with van der Waals surface area (Å²) < 4.78 is 19.5. The molecule has 3 heteroatoms. The Morgan fingerprint density at radius 2 is 1.75 bits per heavy atom. The van der Waals surface area contributed by atoms with Crippen molar-refractivity contribution in [1.82, 2.24) is 5.32 Å². The first-order chi connectivity index (χ1) is 9.56. The van der Waals surface area contributed by atoms with Crippen LogP contribution in [-0.4, -0.2) is 14.2 Å². The Morgan fingerprint density at radius 3 is 2.30 bits per heavy atom. The van der Waals surface area contributed by atoms with E-state index in [1.807, 2.05) is 27.0 Å². The fourth-order valence-corrected chi connectivity index (χ4v) is 2.59. The molecule has 2 rings (SSSR count). The van der Waals surface area contributed by atoms with Crippen LogP contribution in [0.2, 0.25) is 0 Å². The molecule has 0 aliphatic rings. The van der Waals surface area contributed by atoms with E-state index >= 15 is 0 Å². The second-order valence-electron chi connectivity index (χ2n) is 5.01. The molecule has 0 amide bonds. The molecule has 2 nitrogen and oxygen atoms in total. The van der Waals surface area contributed by atoms with E-state index in [9.17, 15) is 4.39 Å². The van der Waals surface area contributed by atoms with Gasteiger partial charge in [0.05, 0.1) is 13.2 Å². The quantitative estimate of drug-likeness (QED) is 0.915. The van der Waals surface area contributed by atoms with Crippen LogP contribution in [0, 0.1) is 19.7 Å². The monoisotopic (exact) mass is 273 g/mol. The Hall–Kier alpha value is -1.87. The van der Waals surface area contributed by atoms with Crippen LogP contribution in [-0.2, 0) is 0 Å². The number of benzene rings is 2. The summed E-state index contributed by atoms with van der Waals surface area (Å²) in [6, 6.07) is 11.3. The van der Waals surface area contributed by atoms with Crippen LogP contribution in [0.25, 0.3) is 0 Å². The molecular weight excluding hydrogens is 253 g/mol. The third-order valence-corrected chi connectivity index (χ3v) is 3.39. The summed E-state index contributed by atoms with van der Waals surface area (Å²) >= 11 is 0. The lowest BCUT2D eigenvalue weighted by Crippen LogP contribution is -2.19. The van der Waals surface area contributed by atoms with Gasteiger partial charge in [-0.15, -0.1) is 0 Å². The molecule has 1 atom stereocenters. The molecule has 1 unspecified atom stereocenters. The summed E-state index contributed by atoms with van der Waals surface area (Å²) in [4.78, 5) is 0. The van der Waals surface area contributed by atoms with Gasteiger partial charge in [0.15, 0.2) is 11.6 Å². The number of ether oxygens (including phenoxy) is 1. The van der Waals surface area contributed by atoms with Crippen molar-refractivity contribution in [2.24, 2.45) is 0 Å². The predicted molar refractivity (Wildman–Crippen MR) is 79.8 cm³/mol. The summed E-state index contributed by atoms with van der Waals surface area (Å²) in [5.41, 5.74) is 3.99. The van der Waals surface area contributed by atoms with E-state index in [1.165, 1.54) is 18.2 Å². The zero-order valence-corrected chi connectivity index (χ0v) is 12.3. The number of rotatable bonds is 4. The molecule has 0 aliphatic heterocycles. The Balaban J connectivity index is 2.52. The lowest BCUT2D eigenvalue weighted by Gasteiger charge is -2.20. The standard InChI is InChI=1S/C17H20FNO/c1-11-8-12(2)10-13(9-11)17(19-3)14-6-5-7-15(20-4)16(14)18/h5-10,17,19H,1-4H3. The molecule has 0 saturated heterocycles. The van der Waals surface area contributed by atoms with Gasteiger partial charge in [-0.3, -0.25) is 0 Å². The Morgan fingerprint density at radius 1 is 1.10 bits per heavy atom. The Bertz CT molecular complexity index is 590. The number of hydrogen-bond acceptors (Lipinski definition) is 2. The predicted octanol–water partition coefficient (Wildman–Crippen LogP) is 3.76. The van der Waals surface area contributed by atoms with Crippen LogP contribution in [0.4, 0.5) is 4.39 Å². The smallest absolute Gasteiger partial charge is 0.170 e. The van der Waals surface area contributed by atoms with Crippen molar-refractivity contribution in [2.45, 2.75) is 19.9 Å². The van der Waals surface area contributed by atoms with Crippen LogP contribution < -0.4 is 10.1 Å². The summed E-state index contributed by atoms with van der Waals surface area (Å²) in [7, 11) is 3.31. The number of hydrogen-bond donors (Lipinski definition) is 1. The molecule has 0 fully saturated rings. The van der Waals surface area contributed by atoms with Gasteiger partial charge in [-0.05, 0) is 32.5 Å². The molecule has 0 bridgehead atoms. The molecule has 0 saturated carbocycles. The van der Waals surface area contributed by atoms with Crippen molar-refractivity contribution >= 4 is 0 Å². The van der Waals surface area contributed by atoms with E-state index in [2.05, 4.69) is 23.5 Å². The second kappa shape index (κ2) is 6.06. The minimum absolute atomic E-state index is 0.191. The summed E-state index contributed by atoms with van der Waals surface area (Å²) in [6.07, 6.45) is 0. The number of halogens is 1. The van der Waals surface area contributed by atoms with Gasteiger partial charge in [0.1, 0.15) is 0 Å². The third-order valence-electron chi connectivity index (χ3n) is 3.39. The van der Waals surface area contributed by atoms with Crippen LogP contribution in [0.15, 0.2) is 36.4 Å². The lowest BCUT2D eigenvalue weighted by atomic mass is 9.95. The van der Waals surface area contributed by atoms with Gasteiger partial charge >= 0.3 is 0 Å². The Kier molecular flexibility index (Phi) is 4.40. The highest BCUT2D eigenvalue weighted by atomic mass is 19.1. The molecule has 0 heterocycles. The van der Waals surface area contributed by atoms with E-state index < -0.39 is 0 Å². The van der Waals surface area contributed by atoms with Gasteiger partial charge in [0.25, 0.3) is 0 Å². The Labute approximate surface area is 119 Å². The minimum atomic E-state index is -0.312. The summed E-state index contributed by atoms with van der Waals surface area (Å²) in [6.45, 7) is 4.09. The largest absolute Gasteiger partial charge is 0.494 e. The summed E-state index contributed by atoms with van der Waals surface area (Å²) in [5.74, 6) is -0.0411. The molecule has 20 heavy (non-hydrogen) atoms. The van der Waals surface area contributed by atoms with Crippen molar-refractivity contribution in [1.29, 1.82) is 0 Å². The normalized spacial score (nSPS) is 12.2. The molecule has 1 N–H and O–H groups in total. The van der Waals surface area contributed by atoms with Crippen LogP contribution in [0.3, 0.4) is 0 Å². The first-order valence-electron chi connectivity index (χ1n) is 6.64. The van der Waals surface area contributed by atoms with Crippen molar-refractivity contribution in [3.63, 3.8) is 0 Å². The van der Waals surface area contributed by atoms with Crippen LogP contribution in [0.5, 0.6) is 5.75 Å². The highest BCUT2D eigenvalue weighted by Gasteiger charge is 2.19. The van der Waals surface area contributed by atoms with Gasteiger partial charge in [-0.25, -0.2) is 4.39 Å². The zero-order chi connectivity index (χ0) is 14.7. The number of methoxy groups -OCH3 is 1. The van der Waals surface area contributed by atoms with E-state index in [-0.39, 0.29) is 17.6 Å². The minimum Gasteiger partial charge on any atom is -0.494 e. The van der Waals surface area contributed by atoms with E-state index in [0.29, 0.717) is 5.56 Å². The van der Waals surface area contributed by atoms with E-state index in [1.54, 1.807) is 12.1 Å². The van der Waals surface area contributed by atoms with Gasteiger partial charge < -0.3 is 10.1 Å². The van der Waals surface area contributed by atoms with E-state index in [4.69, 9.17) is 4.74 Å². The SMILES string of the molecule is CNC(c1cc(C)cc(C)c1)c1cccc(OC)c1F. The van der Waals surface area contributed by atoms with Gasteiger partial charge in [0, 0.05) is 5.56 Å². The fourth-order valence-electron chi connectivity index (χ4n) is 2.59. The van der Waals surface area contributed by atoms with Crippen molar-refractivity contribution in [2.75, 3.05) is 14.2 Å². The molecule has 0 spiro atoms. The topological polar surface area (TPSA) is 21.3 Å². The average molecular weight is 273 g/mol. The van der Waals surface area contributed by atoms with Crippen molar-refractivity contribution in [3.8, 4) is 5.75 Å². The van der Waals surface area contributed by atoms with Gasteiger partial charge in [-0.1, -0.05) is 41.5 Å². The third kappa shape index (κ3) is 2.83. The summed E-state index contributed by atoms with van der Waals surface area (Å²) in [5, 5.41) is 3.19. The van der Waals surface area contributed by atoms with Crippen LogP contribution in [0.1, 0.15) is 28.3 Å². The number of aryl methyl sites for hydroxylation is 2. The molecule has 0 aromatic heterocycles. The van der Waals surface area contributed by atoms with E-state index in [0.717, 1.165) is 5.56 Å². The van der Waals surface area contributed by atoms with Gasteiger partial charge in [0.2, 0.25) is 0 Å². The first kappa shape index (κ1) is 14.5. The molecular formula is C17H20FNO. The maximum atomic E-state index is 14.4. The lowest BCUT2D eigenvalue weighted by molar-refractivity contribution is 0.382. The molecule has 2 aromatic carbocycles. The zero-order valence-electron chi connectivity index (χ0n) is 12.3. The molecule has 0 aliphatic carbocycles. The maximum Gasteiger partial charge on any atom is 0.170 e. The highest BCUT2D eigenvalue weighted by molar-refractivity contribution is 5.40. The van der Waals surface area contributed by atoms with Crippen molar-refractivity contribution in [3.05, 3.63) is 64.5 Å². The van der Waals surface area contributed by atoms with Crippen molar-refractivity contribution < 1.29 is 9.13 Å². The second-order valence-corrected chi connectivity index (χ2v) is 5.01. The fraction of sp³-hybridized carbons (Fsp3) is 0.294. The molecule has 106 valence electrons. The maximum absolute atomic E-state index is 14.4. The first-order valence-corrected chi connectivity index (χ1v) is 6.64. The average Bonchev–Trinajstić information content (AvgIpc) is 2.40.